The average molecular weight is 363 g/mol. The second kappa shape index (κ2) is 9.07. The lowest BCUT2D eigenvalue weighted by Crippen LogP contribution is -2.06. The molecule has 0 aliphatic heterocycles. The van der Waals surface area contributed by atoms with Gasteiger partial charge in [0.05, 0.1) is 19.9 Å². The lowest BCUT2D eigenvalue weighted by Gasteiger charge is -2.09. The molecule has 2 rings (SSSR count). The van der Waals surface area contributed by atoms with Gasteiger partial charge in [-0.05, 0) is 35.9 Å². The van der Waals surface area contributed by atoms with Crippen molar-refractivity contribution in [3.8, 4) is 23.8 Å². The Bertz CT molecular complexity index is 750. The highest BCUT2D eigenvalue weighted by atomic mass is 35.5. The van der Waals surface area contributed by atoms with Gasteiger partial charge in [0, 0.05) is 15.6 Å². The van der Waals surface area contributed by atoms with Gasteiger partial charge in [-0.3, -0.25) is 0 Å². The van der Waals surface area contributed by atoms with Crippen LogP contribution < -0.4 is 14.9 Å². The van der Waals surface area contributed by atoms with Gasteiger partial charge in [0.15, 0.2) is 11.5 Å². The van der Waals surface area contributed by atoms with Crippen LogP contribution in [-0.2, 0) is 6.54 Å². The van der Waals surface area contributed by atoms with Crippen molar-refractivity contribution < 1.29 is 9.47 Å². The fourth-order valence-electron chi connectivity index (χ4n) is 1.95. The molecule has 0 atom stereocenters. The van der Waals surface area contributed by atoms with Crippen molar-refractivity contribution in [3.63, 3.8) is 0 Å². The molecule has 0 saturated heterocycles. The zero-order valence-electron chi connectivity index (χ0n) is 13.1. The summed E-state index contributed by atoms with van der Waals surface area (Å²) in [4.78, 5) is 0. The number of benzene rings is 2. The highest BCUT2D eigenvalue weighted by Crippen LogP contribution is 2.27. The predicted octanol–water partition coefficient (Wildman–Crippen LogP) is 4.14. The van der Waals surface area contributed by atoms with Gasteiger partial charge in [0.25, 0.3) is 0 Å². The van der Waals surface area contributed by atoms with E-state index in [1.165, 1.54) is 0 Å². The summed E-state index contributed by atoms with van der Waals surface area (Å²) in [5.41, 5.74) is 4.56. The summed E-state index contributed by atoms with van der Waals surface area (Å²) >= 11 is 12.2. The van der Waals surface area contributed by atoms with E-state index < -0.39 is 0 Å². The van der Waals surface area contributed by atoms with Gasteiger partial charge in [0.1, 0.15) is 6.61 Å². The Hall–Kier alpha value is -2.35. The van der Waals surface area contributed by atoms with Crippen LogP contribution >= 0.6 is 23.2 Å². The molecule has 1 N–H and O–H groups in total. The normalized spacial score (nSPS) is 10.4. The standard InChI is InChI=1S/C18H16Cl2N2O2/c1-3-9-24-17-8-7-13(10-18(17)23-2)11-21-22-12-14-15(19)5-4-6-16(14)20/h1,4-8,10-11,22H,9,12H2,2H3/b21-11-. The first-order valence-corrected chi connectivity index (χ1v) is 7.84. The Kier molecular flexibility index (Phi) is 6.80. The van der Waals surface area contributed by atoms with Crippen molar-refractivity contribution in [2.24, 2.45) is 5.10 Å². The van der Waals surface area contributed by atoms with Crippen LogP contribution in [0.1, 0.15) is 11.1 Å². The number of nitrogens with zero attached hydrogens (tertiary/aromatic N) is 1. The topological polar surface area (TPSA) is 42.8 Å². The van der Waals surface area contributed by atoms with Crippen LogP contribution in [0.4, 0.5) is 0 Å². The molecule has 4 nitrogen and oxygen atoms in total. The van der Waals surface area contributed by atoms with Crippen LogP contribution in [0.2, 0.25) is 10.0 Å². The molecule has 0 unspecified atom stereocenters. The predicted molar refractivity (Wildman–Crippen MR) is 98.2 cm³/mol. The zero-order chi connectivity index (χ0) is 17.4. The summed E-state index contributed by atoms with van der Waals surface area (Å²) in [5, 5.41) is 5.36. The molecule has 0 saturated carbocycles. The molecule has 0 aliphatic carbocycles. The van der Waals surface area contributed by atoms with E-state index in [1.807, 2.05) is 6.07 Å². The fourth-order valence-corrected chi connectivity index (χ4v) is 2.48. The van der Waals surface area contributed by atoms with Gasteiger partial charge < -0.3 is 14.9 Å². The second-order valence-corrected chi connectivity index (χ2v) is 5.51. The number of methoxy groups -OCH3 is 1. The van der Waals surface area contributed by atoms with E-state index >= 15 is 0 Å². The van der Waals surface area contributed by atoms with E-state index in [0.29, 0.717) is 28.1 Å². The van der Waals surface area contributed by atoms with Crippen LogP contribution in [0.25, 0.3) is 0 Å². The molecular formula is C18H16Cl2N2O2. The average Bonchev–Trinajstić information content (AvgIpc) is 2.59. The molecule has 0 fully saturated rings. The quantitative estimate of drug-likeness (QED) is 0.457. The maximum absolute atomic E-state index is 6.10. The molecule has 2 aromatic rings. The van der Waals surface area contributed by atoms with Crippen molar-refractivity contribution in [2.45, 2.75) is 6.54 Å². The van der Waals surface area contributed by atoms with Crippen molar-refractivity contribution in [3.05, 3.63) is 57.6 Å². The summed E-state index contributed by atoms with van der Waals surface area (Å²) in [6.07, 6.45) is 6.85. The van der Waals surface area contributed by atoms with Gasteiger partial charge in [-0.1, -0.05) is 35.2 Å². The third-order valence-electron chi connectivity index (χ3n) is 3.12. The maximum atomic E-state index is 6.10. The van der Waals surface area contributed by atoms with E-state index in [2.05, 4.69) is 16.4 Å². The van der Waals surface area contributed by atoms with E-state index in [0.717, 1.165) is 11.1 Å². The van der Waals surface area contributed by atoms with Crippen molar-refractivity contribution in [1.29, 1.82) is 0 Å². The van der Waals surface area contributed by atoms with Gasteiger partial charge in [-0.25, -0.2) is 0 Å². The number of terminal acetylenes is 1. The number of hydrogen-bond donors (Lipinski definition) is 1. The lowest BCUT2D eigenvalue weighted by molar-refractivity contribution is 0.331. The fraction of sp³-hybridized carbons (Fsp3) is 0.167. The summed E-state index contributed by atoms with van der Waals surface area (Å²) < 4.78 is 10.7. The zero-order valence-corrected chi connectivity index (χ0v) is 14.6. The van der Waals surface area contributed by atoms with E-state index in [4.69, 9.17) is 39.1 Å². The first-order chi connectivity index (χ1) is 11.7. The van der Waals surface area contributed by atoms with Crippen molar-refractivity contribution in [1.82, 2.24) is 5.43 Å². The highest BCUT2D eigenvalue weighted by Gasteiger charge is 2.05. The molecule has 0 heterocycles. The number of halogens is 2. The maximum Gasteiger partial charge on any atom is 0.162 e. The Labute approximate surface area is 151 Å². The van der Waals surface area contributed by atoms with Crippen LogP contribution in [0.15, 0.2) is 41.5 Å². The molecule has 0 amide bonds. The summed E-state index contributed by atoms with van der Waals surface area (Å²) in [7, 11) is 1.57. The number of nitrogens with one attached hydrogen (secondary N) is 1. The molecular weight excluding hydrogens is 347 g/mol. The van der Waals surface area contributed by atoms with Gasteiger partial charge in [0.2, 0.25) is 0 Å². The SMILES string of the molecule is C#CCOc1ccc(/C=N\NCc2c(Cl)cccc2Cl)cc1OC. The van der Waals surface area contributed by atoms with E-state index in [-0.39, 0.29) is 6.61 Å². The molecule has 0 spiro atoms. The third kappa shape index (κ3) is 4.82. The first kappa shape index (κ1) is 18.0. The monoisotopic (exact) mass is 362 g/mol. The molecule has 2 aromatic carbocycles. The molecule has 0 radical (unpaired) electrons. The Morgan fingerprint density at radius 1 is 1.21 bits per heavy atom. The van der Waals surface area contributed by atoms with Crippen molar-refractivity contribution in [2.75, 3.05) is 13.7 Å². The second-order valence-electron chi connectivity index (χ2n) is 4.70. The first-order valence-electron chi connectivity index (χ1n) is 7.09. The molecule has 24 heavy (non-hydrogen) atoms. The summed E-state index contributed by atoms with van der Waals surface area (Å²) in [6, 6.07) is 10.8. The van der Waals surface area contributed by atoms with Gasteiger partial charge in [-0.15, -0.1) is 6.42 Å². The minimum Gasteiger partial charge on any atom is -0.493 e. The van der Waals surface area contributed by atoms with E-state index in [9.17, 15) is 0 Å². The number of rotatable bonds is 7. The Morgan fingerprint density at radius 2 is 1.96 bits per heavy atom. The van der Waals surface area contributed by atoms with Crippen LogP contribution in [0.5, 0.6) is 11.5 Å². The van der Waals surface area contributed by atoms with Crippen LogP contribution in [0.3, 0.4) is 0 Å². The molecule has 6 heteroatoms. The minimum atomic E-state index is 0.184. The number of hydrazone groups is 1. The third-order valence-corrected chi connectivity index (χ3v) is 3.83. The van der Waals surface area contributed by atoms with Crippen LogP contribution in [-0.4, -0.2) is 19.9 Å². The smallest absolute Gasteiger partial charge is 0.162 e. The number of ether oxygens (including phenoxy) is 2. The summed E-state index contributed by atoms with van der Waals surface area (Å²) in [5.74, 6) is 3.59. The number of hydrogen-bond acceptors (Lipinski definition) is 4. The van der Waals surface area contributed by atoms with Gasteiger partial charge >= 0.3 is 0 Å². The van der Waals surface area contributed by atoms with Crippen LogP contribution in [0, 0.1) is 12.3 Å². The Balaban J connectivity index is 2.00. The largest absolute Gasteiger partial charge is 0.493 e. The highest BCUT2D eigenvalue weighted by molar-refractivity contribution is 6.35. The molecule has 0 bridgehead atoms. The molecule has 0 aliphatic rings. The van der Waals surface area contributed by atoms with E-state index in [1.54, 1.807) is 43.7 Å². The van der Waals surface area contributed by atoms with Gasteiger partial charge in [-0.2, -0.15) is 5.10 Å². The lowest BCUT2D eigenvalue weighted by atomic mass is 10.2. The molecule has 0 aromatic heterocycles. The molecule has 124 valence electrons. The summed E-state index contributed by atoms with van der Waals surface area (Å²) in [6.45, 7) is 0.611. The van der Waals surface area contributed by atoms with Crippen molar-refractivity contribution >= 4 is 29.4 Å². The Morgan fingerprint density at radius 3 is 2.62 bits per heavy atom. The minimum absolute atomic E-state index is 0.184.